The van der Waals surface area contributed by atoms with E-state index in [1.54, 1.807) is 4.57 Å². The molecule has 18 heavy (non-hydrogen) atoms. The van der Waals surface area contributed by atoms with Gasteiger partial charge in [-0.1, -0.05) is 18.2 Å². The van der Waals surface area contributed by atoms with Crippen LogP contribution in [0.15, 0.2) is 35.4 Å². The van der Waals surface area contributed by atoms with Crippen LogP contribution in [0, 0.1) is 0 Å². The summed E-state index contributed by atoms with van der Waals surface area (Å²) in [6, 6.07) is 9.82. The Hall–Kier alpha value is -1.42. The van der Waals surface area contributed by atoms with Crippen LogP contribution < -0.4 is 0 Å². The van der Waals surface area contributed by atoms with Crippen LogP contribution >= 0.6 is 11.8 Å². The number of benzene rings is 1. The van der Waals surface area contributed by atoms with Crippen molar-refractivity contribution >= 4 is 28.8 Å². The van der Waals surface area contributed by atoms with Crippen molar-refractivity contribution in [2.75, 3.05) is 6.26 Å². The van der Waals surface area contributed by atoms with Gasteiger partial charge in [0.25, 0.3) is 0 Å². The first-order valence-electron chi connectivity index (χ1n) is 5.80. The van der Waals surface area contributed by atoms with E-state index >= 15 is 0 Å². The minimum Gasteiger partial charge on any atom is -0.443 e. The molecular weight excluding hydrogens is 246 g/mol. The number of thioether (sulfide) groups is 1. The van der Waals surface area contributed by atoms with Gasteiger partial charge in [-0.3, -0.25) is 0 Å². The molecule has 0 atom stereocenters. The van der Waals surface area contributed by atoms with Crippen molar-refractivity contribution in [2.45, 2.75) is 31.4 Å². The molecule has 1 heterocycles. The highest BCUT2D eigenvalue weighted by molar-refractivity contribution is 7.98. The standard InChI is InChI=1S/C14H17NO2S/c1-14(2,3)17-13(16)15-11-8-6-5-7-10(11)9-12(15)18-4/h5-9H,1-4H3. The van der Waals surface area contributed by atoms with Crippen molar-refractivity contribution in [1.29, 1.82) is 0 Å². The monoisotopic (exact) mass is 263 g/mol. The second kappa shape index (κ2) is 4.69. The summed E-state index contributed by atoms with van der Waals surface area (Å²) >= 11 is 1.54. The maximum atomic E-state index is 12.2. The van der Waals surface area contributed by atoms with Gasteiger partial charge in [-0.2, -0.15) is 0 Å². The molecule has 0 aliphatic carbocycles. The number of rotatable bonds is 1. The number of carbonyl (C=O) groups excluding carboxylic acids is 1. The third-order valence-electron chi connectivity index (χ3n) is 2.46. The highest BCUT2D eigenvalue weighted by Crippen LogP contribution is 2.27. The first kappa shape index (κ1) is 13.0. The highest BCUT2D eigenvalue weighted by atomic mass is 32.2. The van der Waals surface area contributed by atoms with Crippen LogP contribution in [-0.2, 0) is 4.74 Å². The molecule has 3 nitrogen and oxygen atoms in total. The lowest BCUT2D eigenvalue weighted by Crippen LogP contribution is -2.27. The number of nitrogens with zero attached hydrogens (tertiary/aromatic N) is 1. The highest BCUT2D eigenvalue weighted by Gasteiger charge is 2.21. The summed E-state index contributed by atoms with van der Waals surface area (Å²) in [5, 5.41) is 1.94. The van der Waals surface area contributed by atoms with E-state index in [1.807, 2.05) is 57.4 Å². The molecular formula is C14H17NO2S. The second-order valence-electron chi connectivity index (χ2n) is 5.06. The van der Waals surface area contributed by atoms with Gasteiger partial charge in [0.05, 0.1) is 10.5 Å². The average molecular weight is 263 g/mol. The van der Waals surface area contributed by atoms with E-state index in [2.05, 4.69) is 0 Å². The second-order valence-corrected chi connectivity index (χ2v) is 5.89. The van der Waals surface area contributed by atoms with E-state index < -0.39 is 5.60 Å². The lowest BCUT2D eigenvalue weighted by molar-refractivity contribution is 0.0532. The van der Waals surface area contributed by atoms with Crippen molar-refractivity contribution in [3.63, 3.8) is 0 Å². The van der Waals surface area contributed by atoms with Crippen molar-refractivity contribution in [3.8, 4) is 0 Å². The Morgan fingerprint density at radius 3 is 2.56 bits per heavy atom. The van der Waals surface area contributed by atoms with Crippen LogP contribution in [0.1, 0.15) is 20.8 Å². The van der Waals surface area contributed by atoms with Gasteiger partial charge in [-0.05, 0) is 39.2 Å². The number of aromatic nitrogens is 1. The SMILES string of the molecule is CSc1cc2ccccc2n1C(=O)OC(C)(C)C. The maximum absolute atomic E-state index is 12.2. The van der Waals surface area contributed by atoms with E-state index in [1.165, 1.54) is 11.8 Å². The minimum absolute atomic E-state index is 0.326. The van der Waals surface area contributed by atoms with E-state index in [0.717, 1.165) is 15.9 Å². The number of para-hydroxylation sites is 1. The minimum atomic E-state index is -0.488. The van der Waals surface area contributed by atoms with Gasteiger partial charge in [0, 0.05) is 5.39 Å². The third-order valence-corrected chi connectivity index (χ3v) is 3.18. The van der Waals surface area contributed by atoms with E-state index in [0.29, 0.717) is 0 Å². The smallest absolute Gasteiger partial charge is 0.419 e. The summed E-state index contributed by atoms with van der Waals surface area (Å²) in [4.78, 5) is 12.2. The molecule has 0 saturated heterocycles. The molecule has 0 N–H and O–H groups in total. The van der Waals surface area contributed by atoms with Gasteiger partial charge in [-0.15, -0.1) is 11.8 Å². The first-order chi connectivity index (χ1) is 8.42. The fourth-order valence-corrected chi connectivity index (χ4v) is 2.38. The van der Waals surface area contributed by atoms with Gasteiger partial charge in [0.2, 0.25) is 0 Å². The van der Waals surface area contributed by atoms with Crippen LogP contribution in [0.4, 0.5) is 4.79 Å². The van der Waals surface area contributed by atoms with Crippen LogP contribution in [0.25, 0.3) is 10.9 Å². The summed E-state index contributed by atoms with van der Waals surface area (Å²) in [6.07, 6.45) is 1.63. The Labute approximate surface area is 111 Å². The first-order valence-corrected chi connectivity index (χ1v) is 7.03. The summed E-state index contributed by atoms with van der Waals surface area (Å²) in [5.41, 5.74) is 0.397. The molecule has 0 fully saturated rings. The Kier molecular flexibility index (Phi) is 3.39. The molecule has 1 aromatic carbocycles. The molecule has 0 spiro atoms. The van der Waals surface area contributed by atoms with Gasteiger partial charge in [-0.25, -0.2) is 9.36 Å². The molecule has 0 aliphatic heterocycles. The van der Waals surface area contributed by atoms with E-state index in [-0.39, 0.29) is 6.09 Å². The van der Waals surface area contributed by atoms with Gasteiger partial charge < -0.3 is 4.74 Å². The summed E-state index contributed by atoms with van der Waals surface area (Å²) in [5.74, 6) is 0. The topological polar surface area (TPSA) is 31.2 Å². The van der Waals surface area contributed by atoms with Gasteiger partial charge >= 0.3 is 6.09 Å². The third kappa shape index (κ3) is 2.53. The molecule has 96 valence electrons. The molecule has 0 amide bonds. The zero-order valence-corrected chi connectivity index (χ0v) is 11.9. The Bertz CT molecular complexity index is 581. The lowest BCUT2D eigenvalue weighted by Gasteiger charge is -2.20. The molecule has 2 aromatic rings. The van der Waals surface area contributed by atoms with Crippen LogP contribution in [0.5, 0.6) is 0 Å². The number of hydrogen-bond acceptors (Lipinski definition) is 3. The van der Waals surface area contributed by atoms with E-state index in [9.17, 15) is 4.79 Å². The Morgan fingerprint density at radius 1 is 1.28 bits per heavy atom. The average Bonchev–Trinajstić information content (AvgIpc) is 2.64. The molecule has 2 rings (SSSR count). The zero-order valence-electron chi connectivity index (χ0n) is 11.1. The molecule has 4 heteroatoms. The van der Waals surface area contributed by atoms with Crippen molar-refractivity contribution in [1.82, 2.24) is 4.57 Å². The quantitative estimate of drug-likeness (QED) is 0.724. The fourth-order valence-electron chi connectivity index (χ4n) is 1.78. The van der Waals surface area contributed by atoms with Crippen LogP contribution in [-0.4, -0.2) is 22.5 Å². The fraction of sp³-hybridized carbons (Fsp3) is 0.357. The predicted octanol–water partition coefficient (Wildman–Crippen LogP) is 4.15. The molecule has 1 aromatic heterocycles. The van der Waals surface area contributed by atoms with Crippen molar-refractivity contribution < 1.29 is 9.53 Å². The van der Waals surface area contributed by atoms with Crippen molar-refractivity contribution in [3.05, 3.63) is 30.3 Å². The molecule has 0 aliphatic rings. The summed E-state index contributed by atoms with van der Waals surface area (Å²) in [6.45, 7) is 5.61. The molecule has 0 bridgehead atoms. The summed E-state index contributed by atoms with van der Waals surface area (Å²) in [7, 11) is 0. The Balaban J connectivity index is 2.51. The number of fused-ring (bicyclic) bond motifs is 1. The molecule has 0 unspecified atom stereocenters. The Morgan fingerprint density at radius 2 is 1.94 bits per heavy atom. The van der Waals surface area contributed by atoms with Crippen LogP contribution in [0.3, 0.4) is 0 Å². The van der Waals surface area contributed by atoms with Gasteiger partial charge in [0.15, 0.2) is 0 Å². The maximum Gasteiger partial charge on any atom is 0.419 e. The number of carbonyl (C=O) groups is 1. The van der Waals surface area contributed by atoms with Crippen LogP contribution in [0.2, 0.25) is 0 Å². The van der Waals surface area contributed by atoms with Gasteiger partial charge in [0.1, 0.15) is 5.60 Å². The largest absolute Gasteiger partial charge is 0.443 e. The number of ether oxygens (including phenoxy) is 1. The van der Waals surface area contributed by atoms with E-state index in [4.69, 9.17) is 4.74 Å². The predicted molar refractivity (Wildman–Crippen MR) is 75.4 cm³/mol. The summed E-state index contributed by atoms with van der Waals surface area (Å²) < 4.78 is 7.07. The lowest BCUT2D eigenvalue weighted by atomic mass is 10.2. The molecule has 0 saturated carbocycles. The normalized spacial score (nSPS) is 11.8. The number of hydrogen-bond donors (Lipinski definition) is 0. The molecule has 0 radical (unpaired) electrons. The zero-order chi connectivity index (χ0) is 13.3. The van der Waals surface area contributed by atoms with Crippen molar-refractivity contribution in [2.24, 2.45) is 0 Å².